The van der Waals surface area contributed by atoms with E-state index in [2.05, 4.69) is 17.0 Å². The molecule has 2 rings (SSSR count). The molecule has 0 unspecified atom stereocenters. The first-order chi connectivity index (χ1) is 9.70. The number of hydrogen-bond donors (Lipinski definition) is 1. The maximum atomic E-state index is 12.0. The Morgan fingerprint density at radius 3 is 3.15 bits per heavy atom. The predicted molar refractivity (Wildman–Crippen MR) is 75.2 cm³/mol. The highest BCUT2D eigenvalue weighted by Crippen LogP contribution is 2.16. The van der Waals surface area contributed by atoms with Crippen LogP contribution in [0, 0.1) is 11.8 Å². The number of carbonyl (C=O) groups excluding carboxylic acids is 1. The van der Waals surface area contributed by atoms with Gasteiger partial charge in [0.2, 0.25) is 5.76 Å². The summed E-state index contributed by atoms with van der Waals surface area (Å²) in [5, 5.41) is 14.1. The molecule has 0 fully saturated rings. The van der Waals surface area contributed by atoms with Gasteiger partial charge in [-0.3, -0.25) is 4.79 Å². The van der Waals surface area contributed by atoms with Crippen LogP contribution >= 0.6 is 11.3 Å². The van der Waals surface area contributed by atoms with Gasteiger partial charge < -0.3 is 14.5 Å². The lowest BCUT2D eigenvalue weighted by Gasteiger charge is -2.13. The van der Waals surface area contributed by atoms with Crippen molar-refractivity contribution in [2.75, 3.05) is 13.7 Å². The van der Waals surface area contributed by atoms with Crippen molar-refractivity contribution in [1.29, 1.82) is 0 Å². The van der Waals surface area contributed by atoms with Gasteiger partial charge in [-0.15, -0.1) is 11.3 Å². The first-order valence-electron chi connectivity index (χ1n) is 6.04. The standard InChI is InChI=1S/C14H14N2O3S/c1-16(14(18)13-5-6-15-19-13)9-12-8-11(10-20-12)4-2-3-7-17/h5-6,8,10,17H,3,7,9H2,1H3. The van der Waals surface area contributed by atoms with Crippen LogP contribution in [0.25, 0.3) is 0 Å². The molecule has 0 aromatic carbocycles. The number of hydrogen-bond acceptors (Lipinski definition) is 5. The molecule has 0 spiro atoms. The Morgan fingerprint density at radius 2 is 2.45 bits per heavy atom. The Labute approximate surface area is 120 Å². The third kappa shape index (κ3) is 3.70. The number of amides is 1. The quantitative estimate of drug-likeness (QED) is 0.871. The lowest BCUT2D eigenvalue weighted by Crippen LogP contribution is -2.25. The molecule has 2 aromatic heterocycles. The monoisotopic (exact) mass is 290 g/mol. The highest BCUT2D eigenvalue weighted by Gasteiger charge is 2.16. The van der Waals surface area contributed by atoms with Gasteiger partial charge >= 0.3 is 0 Å². The van der Waals surface area contributed by atoms with Gasteiger partial charge in [-0.05, 0) is 6.07 Å². The number of aromatic nitrogens is 1. The predicted octanol–water partition coefficient (Wildman–Crippen LogP) is 1.74. The average molecular weight is 290 g/mol. The molecule has 2 heterocycles. The van der Waals surface area contributed by atoms with Crippen LogP contribution in [0.3, 0.4) is 0 Å². The number of aliphatic hydroxyl groups is 1. The smallest absolute Gasteiger partial charge is 0.292 e. The second-order valence-electron chi connectivity index (χ2n) is 4.11. The van der Waals surface area contributed by atoms with Crippen molar-refractivity contribution in [3.05, 3.63) is 39.9 Å². The van der Waals surface area contributed by atoms with Crippen molar-refractivity contribution in [1.82, 2.24) is 10.1 Å². The normalized spacial score (nSPS) is 9.90. The molecule has 0 aliphatic heterocycles. The second-order valence-corrected chi connectivity index (χ2v) is 5.11. The topological polar surface area (TPSA) is 66.6 Å². The molecule has 1 N–H and O–H groups in total. The third-order valence-electron chi connectivity index (χ3n) is 2.51. The highest BCUT2D eigenvalue weighted by atomic mass is 32.1. The summed E-state index contributed by atoms with van der Waals surface area (Å²) in [5.74, 6) is 5.85. The molecule has 5 nitrogen and oxygen atoms in total. The second kappa shape index (κ2) is 6.89. The van der Waals surface area contributed by atoms with Gasteiger partial charge in [0.25, 0.3) is 5.91 Å². The van der Waals surface area contributed by atoms with E-state index < -0.39 is 0 Å². The van der Waals surface area contributed by atoms with Crippen LogP contribution in [0.15, 0.2) is 28.2 Å². The van der Waals surface area contributed by atoms with Crippen molar-refractivity contribution in [3.63, 3.8) is 0 Å². The minimum atomic E-state index is -0.205. The van der Waals surface area contributed by atoms with Gasteiger partial charge in [-0.25, -0.2) is 0 Å². The number of nitrogens with zero attached hydrogens (tertiary/aromatic N) is 2. The molecule has 0 bridgehead atoms. The SMILES string of the molecule is CN(Cc1cc(C#CCCO)cs1)C(=O)c1ccno1. The van der Waals surface area contributed by atoms with E-state index in [1.807, 2.05) is 11.4 Å². The Kier molecular flexibility index (Phi) is 4.93. The molecule has 0 saturated heterocycles. The summed E-state index contributed by atoms with van der Waals surface area (Å²) in [7, 11) is 1.71. The molecule has 2 aromatic rings. The van der Waals surface area contributed by atoms with E-state index in [0.717, 1.165) is 10.4 Å². The van der Waals surface area contributed by atoms with Gasteiger partial charge in [-0.1, -0.05) is 17.0 Å². The number of rotatable bonds is 4. The van der Waals surface area contributed by atoms with Gasteiger partial charge in [-0.2, -0.15) is 0 Å². The summed E-state index contributed by atoms with van der Waals surface area (Å²) in [6, 6.07) is 3.48. The summed E-state index contributed by atoms with van der Waals surface area (Å²) in [6.45, 7) is 0.560. The minimum absolute atomic E-state index is 0.0679. The fourth-order valence-electron chi connectivity index (χ4n) is 1.57. The summed E-state index contributed by atoms with van der Waals surface area (Å²) >= 11 is 1.55. The molecule has 0 saturated carbocycles. The van der Waals surface area contributed by atoms with Gasteiger partial charge in [0.05, 0.1) is 19.3 Å². The zero-order valence-electron chi connectivity index (χ0n) is 11.0. The zero-order valence-corrected chi connectivity index (χ0v) is 11.8. The van der Waals surface area contributed by atoms with E-state index in [1.165, 1.54) is 6.20 Å². The van der Waals surface area contributed by atoms with Gasteiger partial charge in [0.15, 0.2) is 0 Å². The van der Waals surface area contributed by atoms with Crippen LogP contribution in [0.4, 0.5) is 0 Å². The largest absolute Gasteiger partial charge is 0.395 e. The van der Waals surface area contributed by atoms with Crippen LogP contribution in [0.5, 0.6) is 0 Å². The maximum Gasteiger partial charge on any atom is 0.292 e. The Morgan fingerprint density at radius 1 is 1.60 bits per heavy atom. The van der Waals surface area contributed by atoms with E-state index in [9.17, 15) is 4.79 Å². The van der Waals surface area contributed by atoms with E-state index in [-0.39, 0.29) is 18.3 Å². The van der Waals surface area contributed by atoms with E-state index >= 15 is 0 Å². The van der Waals surface area contributed by atoms with Crippen molar-refractivity contribution >= 4 is 17.2 Å². The summed E-state index contributed by atoms with van der Waals surface area (Å²) in [6.07, 6.45) is 1.91. The Balaban J connectivity index is 1.97. The van der Waals surface area contributed by atoms with Crippen LogP contribution < -0.4 is 0 Å². The lowest BCUT2D eigenvalue weighted by atomic mass is 10.3. The first-order valence-corrected chi connectivity index (χ1v) is 6.92. The fraction of sp³-hybridized carbons (Fsp3) is 0.286. The molecule has 1 amide bonds. The average Bonchev–Trinajstić information content (AvgIpc) is 3.09. The molecule has 104 valence electrons. The molecule has 0 aliphatic rings. The van der Waals surface area contributed by atoms with Crippen LogP contribution in [-0.4, -0.2) is 34.7 Å². The highest BCUT2D eigenvalue weighted by molar-refractivity contribution is 7.10. The van der Waals surface area contributed by atoms with Crippen LogP contribution in [-0.2, 0) is 6.54 Å². The molecular formula is C14H14N2O3S. The van der Waals surface area contributed by atoms with Gasteiger partial charge in [0.1, 0.15) is 0 Å². The number of carbonyl (C=O) groups is 1. The van der Waals surface area contributed by atoms with Crippen molar-refractivity contribution in [3.8, 4) is 11.8 Å². The van der Waals surface area contributed by atoms with Crippen molar-refractivity contribution in [2.24, 2.45) is 0 Å². The number of thiophene rings is 1. The lowest BCUT2D eigenvalue weighted by molar-refractivity contribution is 0.0745. The molecule has 0 aliphatic carbocycles. The van der Waals surface area contributed by atoms with E-state index in [1.54, 1.807) is 29.4 Å². The van der Waals surface area contributed by atoms with Crippen LogP contribution in [0.1, 0.15) is 27.4 Å². The number of aliphatic hydroxyl groups excluding tert-OH is 1. The fourth-order valence-corrected chi connectivity index (χ4v) is 2.44. The summed E-state index contributed by atoms with van der Waals surface area (Å²) in [5.41, 5.74) is 0.902. The van der Waals surface area contributed by atoms with E-state index in [4.69, 9.17) is 9.63 Å². The Hall–Kier alpha value is -2.10. The Bertz CT molecular complexity index is 622. The van der Waals surface area contributed by atoms with Gasteiger partial charge in [0, 0.05) is 35.4 Å². The summed E-state index contributed by atoms with van der Waals surface area (Å²) in [4.78, 5) is 14.6. The molecule has 0 radical (unpaired) electrons. The molecule has 20 heavy (non-hydrogen) atoms. The first kappa shape index (κ1) is 14.3. The molecule has 6 heteroatoms. The zero-order chi connectivity index (χ0) is 14.4. The minimum Gasteiger partial charge on any atom is -0.395 e. The van der Waals surface area contributed by atoms with Crippen molar-refractivity contribution < 1.29 is 14.4 Å². The van der Waals surface area contributed by atoms with Crippen LogP contribution in [0.2, 0.25) is 0 Å². The summed E-state index contributed by atoms with van der Waals surface area (Å²) < 4.78 is 4.84. The third-order valence-corrected chi connectivity index (χ3v) is 3.43. The molecule has 0 atom stereocenters. The van der Waals surface area contributed by atoms with Crippen molar-refractivity contribution in [2.45, 2.75) is 13.0 Å². The molecular weight excluding hydrogens is 276 g/mol. The maximum absolute atomic E-state index is 12.0. The van der Waals surface area contributed by atoms with E-state index in [0.29, 0.717) is 13.0 Å².